The van der Waals surface area contributed by atoms with Crippen LogP contribution >= 0.6 is 11.6 Å². The SMILES string of the molecule is CC[C@@H]1CN(C(=O)c2ccc(C(F)(F)F)cc2Cl)CCN1c1ccc(B2OC(C)(C)C(C)(C)O2)cc1C(=O)[O-]. The zero-order valence-electron chi connectivity index (χ0n) is 22.4. The number of carbonyl (C=O) groups is 2. The minimum absolute atomic E-state index is 0.0184. The summed E-state index contributed by atoms with van der Waals surface area (Å²) in [6.07, 6.45) is -3.99. The molecule has 7 nitrogen and oxygen atoms in total. The maximum atomic E-state index is 13.2. The van der Waals surface area contributed by atoms with Gasteiger partial charge in [0.25, 0.3) is 5.91 Å². The highest BCUT2D eigenvalue weighted by atomic mass is 35.5. The van der Waals surface area contributed by atoms with Crippen LogP contribution in [0.25, 0.3) is 0 Å². The third-order valence-corrected chi connectivity index (χ3v) is 8.16. The molecule has 2 fully saturated rings. The van der Waals surface area contributed by atoms with E-state index in [9.17, 15) is 27.9 Å². The van der Waals surface area contributed by atoms with Crippen molar-refractivity contribution >= 4 is 41.7 Å². The Morgan fingerprint density at radius 3 is 2.23 bits per heavy atom. The fraction of sp³-hybridized carbons (Fsp3) is 0.481. The van der Waals surface area contributed by atoms with Gasteiger partial charge in [-0.25, -0.2) is 0 Å². The predicted molar refractivity (Wildman–Crippen MR) is 140 cm³/mol. The molecule has 0 bridgehead atoms. The molecule has 1 amide bonds. The number of carboxylic acid groups (broad SMARTS) is 1. The van der Waals surface area contributed by atoms with E-state index in [1.807, 2.05) is 39.5 Å². The van der Waals surface area contributed by atoms with Gasteiger partial charge in [0.05, 0.1) is 33.3 Å². The van der Waals surface area contributed by atoms with Gasteiger partial charge < -0.3 is 29.0 Å². The van der Waals surface area contributed by atoms with Gasteiger partial charge in [0.15, 0.2) is 0 Å². The Morgan fingerprint density at radius 2 is 1.69 bits per heavy atom. The van der Waals surface area contributed by atoms with Crippen molar-refractivity contribution < 1.29 is 37.2 Å². The molecule has 2 aromatic rings. The summed E-state index contributed by atoms with van der Waals surface area (Å²) < 4.78 is 51.1. The summed E-state index contributed by atoms with van der Waals surface area (Å²) in [5.41, 5.74) is -1.16. The van der Waals surface area contributed by atoms with Crippen molar-refractivity contribution in [1.82, 2.24) is 4.90 Å². The van der Waals surface area contributed by atoms with Crippen LogP contribution in [0.1, 0.15) is 67.3 Å². The first-order chi connectivity index (χ1) is 18.1. The van der Waals surface area contributed by atoms with Crippen LogP contribution < -0.4 is 15.5 Å². The van der Waals surface area contributed by atoms with Crippen LogP contribution in [0, 0.1) is 0 Å². The lowest BCUT2D eigenvalue weighted by molar-refractivity contribution is -0.254. The molecule has 4 rings (SSSR count). The fourth-order valence-electron chi connectivity index (χ4n) is 4.83. The minimum atomic E-state index is -4.57. The van der Waals surface area contributed by atoms with E-state index in [2.05, 4.69) is 0 Å². The summed E-state index contributed by atoms with van der Waals surface area (Å²) in [4.78, 5) is 28.8. The third kappa shape index (κ3) is 5.62. The summed E-state index contributed by atoms with van der Waals surface area (Å²) in [5, 5.41) is 11.9. The Morgan fingerprint density at radius 1 is 1.05 bits per heavy atom. The van der Waals surface area contributed by atoms with Gasteiger partial charge in [-0.15, -0.1) is 0 Å². The first-order valence-electron chi connectivity index (χ1n) is 12.7. The highest BCUT2D eigenvalue weighted by Gasteiger charge is 2.51. The van der Waals surface area contributed by atoms with Crippen LogP contribution in [-0.4, -0.2) is 60.8 Å². The lowest BCUT2D eigenvalue weighted by Crippen LogP contribution is -2.55. The van der Waals surface area contributed by atoms with E-state index in [0.29, 0.717) is 24.1 Å². The van der Waals surface area contributed by atoms with E-state index in [0.717, 1.165) is 18.2 Å². The van der Waals surface area contributed by atoms with Crippen molar-refractivity contribution in [3.8, 4) is 0 Å². The van der Waals surface area contributed by atoms with Gasteiger partial charge >= 0.3 is 13.3 Å². The molecule has 2 aromatic carbocycles. The number of hydrogen-bond donors (Lipinski definition) is 0. The second kappa shape index (κ2) is 10.3. The smallest absolute Gasteiger partial charge is 0.494 e. The van der Waals surface area contributed by atoms with Crippen LogP contribution in [0.2, 0.25) is 5.02 Å². The highest BCUT2D eigenvalue weighted by Crippen LogP contribution is 2.37. The number of anilines is 1. The van der Waals surface area contributed by atoms with Crippen molar-refractivity contribution in [3.05, 3.63) is 58.1 Å². The number of nitrogens with zero attached hydrogens (tertiary/aromatic N) is 2. The third-order valence-electron chi connectivity index (χ3n) is 7.84. The van der Waals surface area contributed by atoms with Crippen molar-refractivity contribution in [2.24, 2.45) is 0 Å². The van der Waals surface area contributed by atoms with Gasteiger partial charge in [0.1, 0.15) is 0 Å². The number of carbonyl (C=O) groups excluding carboxylic acids is 2. The van der Waals surface area contributed by atoms with Crippen molar-refractivity contribution in [2.45, 2.75) is 64.5 Å². The van der Waals surface area contributed by atoms with E-state index in [4.69, 9.17) is 20.9 Å². The maximum Gasteiger partial charge on any atom is 0.494 e. The van der Waals surface area contributed by atoms with Gasteiger partial charge in [-0.05, 0) is 63.8 Å². The van der Waals surface area contributed by atoms with Gasteiger partial charge in [-0.3, -0.25) is 4.79 Å². The number of alkyl halides is 3. The molecule has 0 spiro atoms. The number of benzene rings is 2. The predicted octanol–water partition coefficient (Wildman–Crippen LogP) is 3.76. The summed E-state index contributed by atoms with van der Waals surface area (Å²) in [7, 11) is -0.743. The molecule has 0 aromatic heterocycles. The summed E-state index contributed by atoms with van der Waals surface area (Å²) in [6.45, 7) is 10.3. The molecule has 0 aliphatic carbocycles. The number of hydrogen-bond acceptors (Lipinski definition) is 6. The Bertz CT molecular complexity index is 1270. The van der Waals surface area contributed by atoms with Crippen LogP contribution in [0.5, 0.6) is 0 Å². The average Bonchev–Trinajstić information content (AvgIpc) is 3.08. The van der Waals surface area contributed by atoms with Crippen molar-refractivity contribution in [3.63, 3.8) is 0 Å². The van der Waals surface area contributed by atoms with E-state index in [1.165, 1.54) is 11.0 Å². The Kier molecular flexibility index (Phi) is 7.75. The van der Waals surface area contributed by atoms with E-state index in [1.54, 1.807) is 12.1 Å². The molecule has 2 aliphatic heterocycles. The number of amides is 1. The zero-order chi connectivity index (χ0) is 28.9. The Labute approximate surface area is 231 Å². The second-order valence-electron chi connectivity index (χ2n) is 10.9. The summed E-state index contributed by atoms with van der Waals surface area (Å²) in [6, 6.07) is 7.37. The first-order valence-corrected chi connectivity index (χ1v) is 13.1. The molecule has 2 saturated heterocycles. The lowest BCUT2D eigenvalue weighted by atomic mass is 9.78. The number of aromatic carboxylic acids is 1. The molecule has 1 atom stereocenters. The normalized spacial score (nSPS) is 20.8. The minimum Gasteiger partial charge on any atom is -0.545 e. The fourth-order valence-corrected chi connectivity index (χ4v) is 5.10. The molecule has 39 heavy (non-hydrogen) atoms. The topological polar surface area (TPSA) is 82.1 Å². The maximum absolute atomic E-state index is 13.2. The van der Waals surface area contributed by atoms with E-state index >= 15 is 0 Å². The molecular weight excluding hydrogens is 536 g/mol. The highest BCUT2D eigenvalue weighted by molar-refractivity contribution is 6.62. The van der Waals surface area contributed by atoms with Crippen molar-refractivity contribution in [1.29, 1.82) is 0 Å². The molecule has 2 heterocycles. The van der Waals surface area contributed by atoms with Gasteiger partial charge in [0.2, 0.25) is 0 Å². The quantitative estimate of drug-likeness (QED) is 0.514. The largest absolute Gasteiger partial charge is 0.545 e. The number of halogens is 4. The zero-order valence-corrected chi connectivity index (χ0v) is 23.2. The number of carboxylic acids is 1. The van der Waals surface area contributed by atoms with Crippen LogP contribution in [0.4, 0.5) is 18.9 Å². The molecule has 0 saturated carbocycles. The van der Waals surface area contributed by atoms with Gasteiger partial charge in [-0.1, -0.05) is 30.7 Å². The molecular formula is C27H30BClF3N2O5-. The number of rotatable bonds is 5. The number of piperazine rings is 1. The van der Waals surface area contributed by atoms with Crippen LogP contribution in [0.3, 0.4) is 0 Å². The standard InChI is InChI=1S/C27H31BClF3N2O5/c1-6-18-15-33(23(35)19-9-7-16(13-21(19)29)27(30,31)32)11-12-34(18)22-10-8-17(14-20(22)24(36)37)28-38-25(2,3)26(4,5)39-28/h7-10,13-14,18H,6,11-12,15H2,1-5H3,(H,36,37)/p-1/t18-/m1/s1. The average molecular weight is 566 g/mol. The van der Waals surface area contributed by atoms with E-state index in [-0.39, 0.29) is 35.3 Å². The van der Waals surface area contributed by atoms with Gasteiger partial charge in [0, 0.05) is 36.9 Å². The second-order valence-corrected chi connectivity index (χ2v) is 11.3. The van der Waals surface area contributed by atoms with E-state index < -0.39 is 41.9 Å². The summed E-state index contributed by atoms with van der Waals surface area (Å²) >= 11 is 6.05. The monoisotopic (exact) mass is 565 g/mol. The van der Waals surface area contributed by atoms with Crippen LogP contribution in [-0.2, 0) is 15.5 Å². The lowest BCUT2D eigenvalue weighted by Gasteiger charge is -2.43. The molecule has 0 unspecified atom stereocenters. The summed E-state index contributed by atoms with van der Waals surface area (Å²) in [5.74, 6) is -1.84. The molecule has 0 radical (unpaired) electrons. The first kappa shape index (κ1) is 29.2. The van der Waals surface area contributed by atoms with Crippen molar-refractivity contribution in [2.75, 3.05) is 24.5 Å². The molecule has 2 aliphatic rings. The molecule has 0 N–H and O–H groups in total. The van der Waals surface area contributed by atoms with Crippen LogP contribution in [0.15, 0.2) is 36.4 Å². The molecule has 210 valence electrons. The van der Waals surface area contributed by atoms with Gasteiger partial charge in [-0.2, -0.15) is 13.2 Å². The Hall–Kier alpha value is -2.76. The molecule has 12 heteroatoms. The Balaban J connectivity index is 1.56.